The number of H-pyrrole nitrogens is 1. The molecule has 0 aliphatic heterocycles. The van der Waals surface area contributed by atoms with Crippen molar-refractivity contribution in [3.63, 3.8) is 0 Å². The molecular weight excluding hydrogens is 348 g/mol. The van der Waals surface area contributed by atoms with E-state index < -0.39 is 0 Å². The van der Waals surface area contributed by atoms with Crippen molar-refractivity contribution in [2.24, 2.45) is 0 Å². The maximum atomic E-state index is 6.25. The zero-order valence-electron chi connectivity index (χ0n) is 14.9. The number of benzene rings is 4. The van der Waals surface area contributed by atoms with E-state index in [1.54, 1.807) is 0 Å². The van der Waals surface area contributed by atoms with Gasteiger partial charge in [0.15, 0.2) is 22.3 Å². The standard InChI is InChI=1S/C24H16N2O2/c1-2-8-16(9-3-1)26-19-11-5-7-13-22(19)28-24-14-18-23(15-20(24)26)27-21-12-6-4-10-17(21)25-18/h1-15,25H. The minimum absolute atomic E-state index is 0.779. The second-order valence-corrected chi connectivity index (χ2v) is 6.78. The molecule has 0 aliphatic rings. The summed E-state index contributed by atoms with van der Waals surface area (Å²) < 4.78 is 14.6. The van der Waals surface area contributed by atoms with Crippen LogP contribution in [0.3, 0.4) is 0 Å². The number of nitrogens with zero attached hydrogens (tertiary/aromatic N) is 1. The molecule has 0 aliphatic carbocycles. The van der Waals surface area contributed by atoms with Gasteiger partial charge in [-0.25, -0.2) is 0 Å². The van der Waals surface area contributed by atoms with Gasteiger partial charge in [-0.2, -0.15) is 0 Å². The van der Waals surface area contributed by atoms with Crippen LogP contribution in [0.4, 0.5) is 0 Å². The summed E-state index contributed by atoms with van der Waals surface area (Å²) >= 11 is 0. The summed E-state index contributed by atoms with van der Waals surface area (Å²) in [5, 5.41) is 0. The van der Waals surface area contributed by atoms with Crippen LogP contribution in [0.1, 0.15) is 0 Å². The molecule has 0 atom stereocenters. The van der Waals surface area contributed by atoms with Crippen molar-refractivity contribution in [2.75, 3.05) is 0 Å². The highest BCUT2D eigenvalue weighted by Gasteiger charge is 2.12. The van der Waals surface area contributed by atoms with Gasteiger partial charge >= 0.3 is 0 Å². The van der Waals surface area contributed by atoms with Crippen LogP contribution in [-0.4, -0.2) is 9.55 Å². The average molecular weight is 364 g/mol. The number of aromatic amines is 1. The largest absolute Gasteiger partial charge is 0.453 e. The summed E-state index contributed by atoms with van der Waals surface area (Å²) in [5.74, 6) is 0. The summed E-state index contributed by atoms with van der Waals surface area (Å²) in [6.45, 7) is 0. The third-order valence-corrected chi connectivity index (χ3v) is 5.02. The van der Waals surface area contributed by atoms with E-state index in [2.05, 4.69) is 27.8 Å². The van der Waals surface area contributed by atoms with Gasteiger partial charge in [0.2, 0.25) is 0 Å². The van der Waals surface area contributed by atoms with Crippen molar-refractivity contribution in [2.45, 2.75) is 0 Å². The lowest BCUT2D eigenvalue weighted by molar-refractivity contribution is 0.646. The molecule has 134 valence electrons. The van der Waals surface area contributed by atoms with Crippen LogP contribution in [0, 0.1) is 0 Å². The average Bonchev–Trinajstić information content (AvgIpc) is 2.75. The van der Waals surface area contributed by atoms with Crippen molar-refractivity contribution < 1.29 is 8.83 Å². The van der Waals surface area contributed by atoms with Gasteiger partial charge in [0.05, 0.1) is 22.1 Å². The van der Waals surface area contributed by atoms with Crippen molar-refractivity contribution in [1.29, 1.82) is 0 Å². The fourth-order valence-electron chi connectivity index (χ4n) is 3.74. The number of hydrogen-bond donors (Lipinski definition) is 1. The predicted octanol–water partition coefficient (Wildman–Crippen LogP) is 6.73. The second-order valence-electron chi connectivity index (χ2n) is 6.78. The Bertz CT molecular complexity index is 1510. The lowest BCUT2D eigenvalue weighted by Gasteiger charge is -2.15. The van der Waals surface area contributed by atoms with Gasteiger partial charge in [0.25, 0.3) is 0 Å². The minimum atomic E-state index is 0.779. The zero-order chi connectivity index (χ0) is 18.5. The minimum Gasteiger partial charge on any atom is -0.453 e. The molecule has 0 saturated heterocycles. The Morgan fingerprint density at radius 3 is 2.14 bits per heavy atom. The van der Waals surface area contributed by atoms with E-state index in [0.717, 1.165) is 50.1 Å². The molecule has 0 amide bonds. The molecule has 6 aromatic rings. The Hall–Kier alpha value is -3.92. The highest BCUT2D eigenvalue weighted by molar-refractivity contribution is 5.95. The zero-order valence-corrected chi connectivity index (χ0v) is 14.9. The number of para-hydroxylation sites is 5. The molecule has 0 spiro atoms. The van der Waals surface area contributed by atoms with Crippen LogP contribution in [-0.2, 0) is 0 Å². The molecule has 0 fully saturated rings. The molecule has 0 radical (unpaired) electrons. The summed E-state index contributed by atoms with van der Waals surface area (Å²) in [6.07, 6.45) is 0. The van der Waals surface area contributed by atoms with E-state index in [4.69, 9.17) is 8.83 Å². The van der Waals surface area contributed by atoms with Crippen LogP contribution in [0.15, 0.2) is 99.8 Å². The first kappa shape index (κ1) is 15.2. The number of fused-ring (bicyclic) bond motifs is 4. The number of rotatable bonds is 1. The van der Waals surface area contributed by atoms with Crippen LogP contribution in [0.25, 0.3) is 50.1 Å². The van der Waals surface area contributed by atoms with E-state index in [1.807, 2.05) is 72.8 Å². The van der Waals surface area contributed by atoms with Gasteiger partial charge in [-0.1, -0.05) is 42.5 Å². The smallest absolute Gasteiger partial charge is 0.153 e. The van der Waals surface area contributed by atoms with Gasteiger partial charge in [-0.15, -0.1) is 0 Å². The first-order valence-corrected chi connectivity index (χ1v) is 9.21. The molecule has 4 aromatic carbocycles. The molecule has 4 nitrogen and oxygen atoms in total. The summed E-state index contributed by atoms with van der Waals surface area (Å²) in [6, 6.07) is 30.3. The third kappa shape index (κ3) is 2.25. The molecule has 2 aromatic heterocycles. The van der Waals surface area contributed by atoms with E-state index in [0.29, 0.717) is 0 Å². The predicted molar refractivity (Wildman–Crippen MR) is 112 cm³/mol. The molecule has 0 bridgehead atoms. The van der Waals surface area contributed by atoms with Gasteiger partial charge in [0.1, 0.15) is 0 Å². The number of hydrogen-bond acceptors (Lipinski definition) is 2. The molecular formula is C24H16N2O2. The topological polar surface area (TPSA) is 47.0 Å². The van der Waals surface area contributed by atoms with Crippen LogP contribution < -0.4 is 0 Å². The van der Waals surface area contributed by atoms with Gasteiger partial charge in [-0.05, 0) is 36.4 Å². The first-order valence-electron chi connectivity index (χ1n) is 9.21. The lowest BCUT2D eigenvalue weighted by atomic mass is 10.2. The van der Waals surface area contributed by atoms with Crippen molar-refractivity contribution in [1.82, 2.24) is 9.55 Å². The SMILES string of the molecule is c1ccc(-n2c3ccccc3oc3cc4[nH]c5ccccc5oc4cc32)cc1. The van der Waals surface area contributed by atoms with Gasteiger partial charge in [-0.3, -0.25) is 0 Å². The first-order chi connectivity index (χ1) is 13.9. The lowest BCUT2D eigenvalue weighted by Crippen LogP contribution is -2.00. The third-order valence-electron chi connectivity index (χ3n) is 5.02. The molecule has 2 heterocycles. The Morgan fingerprint density at radius 2 is 1.25 bits per heavy atom. The fraction of sp³-hybridized carbons (Fsp3) is 0. The van der Waals surface area contributed by atoms with E-state index in [1.165, 1.54) is 0 Å². The van der Waals surface area contributed by atoms with E-state index in [9.17, 15) is 0 Å². The normalized spacial score (nSPS) is 11.6. The molecule has 1 N–H and O–H groups in total. The van der Waals surface area contributed by atoms with Crippen molar-refractivity contribution >= 4 is 44.4 Å². The van der Waals surface area contributed by atoms with Crippen molar-refractivity contribution in [3.05, 3.63) is 91.0 Å². The van der Waals surface area contributed by atoms with Gasteiger partial charge < -0.3 is 18.4 Å². The summed E-state index contributed by atoms with van der Waals surface area (Å²) in [7, 11) is 0. The monoisotopic (exact) mass is 364 g/mol. The summed E-state index contributed by atoms with van der Waals surface area (Å²) in [4.78, 5) is 3.45. The molecule has 0 unspecified atom stereocenters. The second kappa shape index (κ2) is 5.79. The molecule has 28 heavy (non-hydrogen) atoms. The summed E-state index contributed by atoms with van der Waals surface area (Å²) in [5.41, 5.74) is 8.09. The van der Waals surface area contributed by atoms with Crippen molar-refractivity contribution in [3.8, 4) is 5.69 Å². The van der Waals surface area contributed by atoms with Crippen LogP contribution in [0.2, 0.25) is 0 Å². The van der Waals surface area contributed by atoms with E-state index >= 15 is 0 Å². The van der Waals surface area contributed by atoms with Crippen LogP contribution in [0.5, 0.6) is 0 Å². The highest BCUT2D eigenvalue weighted by atomic mass is 16.3. The molecule has 6 rings (SSSR count). The van der Waals surface area contributed by atoms with Crippen LogP contribution >= 0.6 is 0 Å². The maximum Gasteiger partial charge on any atom is 0.153 e. The van der Waals surface area contributed by atoms with Gasteiger partial charge in [0, 0.05) is 17.8 Å². The maximum absolute atomic E-state index is 6.25. The number of nitrogens with one attached hydrogen (secondary N) is 1. The fourth-order valence-corrected chi connectivity index (χ4v) is 3.74. The Labute approximate surface area is 159 Å². The molecule has 0 saturated carbocycles. The Balaban J connectivity index is 1.81. The Kier molecular flexibility index (Phi) is 3.14. The Morgan fingerprint density at radius 1 is 0.536 bits per heavy atom. The quantitative estimate of drug-likeness (QED) is 0.329. The molecule has 4 heteroatoms. The van der Waals surface area contributed by atoms with E-state index in [-0.39, 0.29) is 0 Å². The number of aromatic nitrogens is 2. The highest BCUT2D eigenvalue weighted by Crippen LogP contribution is 2.31.